The number of fused-ring (bicyclic) bond motifs is 1. The number of aliphatic carboxylic acids is 1. The van der Waals surface area contributed by atoms with Gasteiger partial charge in [0.05, 0.1) is 4.90 Å². The van der Waals surface area contributed by atoms with E-state index in [1.54, 1.807) is 12.1 Å². The van der Waals surface area contributed by atoms with Gasteiger partial charge in [0.15, 0.2) is 0 Å². The van der Waals surface area contributed by atoms with Crippen LogP contribution in [0.4, 0.5) is 0 Å². The summed E-state index contributed by atoms with van der Waals surface area (Å²) in [6, 6.07) is 14.9. The molecule has 0 unspecified atom stereocenters. The molecule has 1 aliphatic heterocycles. The van der Waals surface area contributed by atoms with Gasteiger partial charge in [-0.25, -0.2) is 13.1 Å². The van der Waals surface area contributed by atoms with Crippen LogP contribution in [0.25, 0.3) is 22.2 Å². The van der Waals surface area contributed by atoms with E-state index in [2.05, 4.69) is 4.72 Å². The van der Waals surface area contributed by atoms with Crippen molar-refractivity contribution in [2.75, 3.05) is 13.1 Å². The normalized spacial score (nSPS) is 20.3. The summed E-state index contributed by atoms with van der Waals surface area (Å²) in [7, 11) is -1.79. The summed E-state index contributed by atoms with van der Waals surface area (Å²) in [5.41, 5.74) is 3.71. The summed E-state index contributed by atoms with van der Waals surface area (Å²) in [5, 5.41) is 9.85. The highest BCUT2D eigenvalue weighted by atomic mass is 32.2. The summed E-state index contributed by atoms with van der Waals surface area (Å²) in [6.45, 7) is 1.71. The Morgan fingerprint density at radius 1 is 0.949 bits per heavy atom. The number of carboxylic acid groups (broad SMARTS) is 1. The summed E-state index contributed by atoms with van der Waals surface area (Å²) >= 11 is 0. The molecule has 5 rings (SSSR count). The SMILES string of the molecule is Cn1c(-c2ccc(CCC(=O)O)cc2)cc2ccc(S(=O)(=O)NC3CCC(C(=O)N4CCCCC4)CC3)cc21. The van der Waals surface area contributed by atoms with Crippen molar-refractivity contribution in [2.45, 2.75) is 68.7 Å². The zero-order valence-electron chi connectivity index (χ0n) is 22.4. The van der Waals surface area contributed by atoms with Crippen molar-refractivity contribution in [3.8, 4) is 11.3 Å². The molecule has 2 aliphatic rings. The van der Waals surface area contributed by atoms with Crippen LogP contribution in [-0.2, 0) is 33.1 Å². The molecule has 1 saturated heterocycles. The van der Waals surface area contributed by atoms with E-state index in [0.29, 0.717) is 19.3 Å². The van der Waals surface area contributed by atoms with Gasteiger partial charge in [-0.1, -0.05) is 30.3 Å². The number of hydrogen-bond acceptors (Lipinski definition) is 4. The highest BCUT2D eigenvalue weighted by Gasteiger charge is 2.32. The molecule has 0 atom stereocenters. The second kappa shape index (κ2) is 11.5. The van der Waals surface area contributed by atoms with Crippen molar-refractivity contribution >= 4 is 32.8 Å². The van der Waals surface area contributed by atoms with E-state index < -0.39 is 16.0 Å². The van der Waals surface area contributed by atoms with Crippen molar-refractivity contribution in [3.63, 3.8) is 0 Å². The van der Waals surface area contributed by atoms with Crippen molar-refractivity contribution in [3.05, 3.63) is 54.1 Å². The summed E-state index contributed by atoms with van der Waals surface area (Å²) in [4.78, 5) is 25.9. The van der Waals surface area contributed by atoms with Crippen molar-refractivity contribution < 1.29 is 23.1 Å². The zero-order valence-corrected chi connectivity index (χ0v) is 23.3. The lowest BCUT2D eigenvalue weighted by Crippen LogP contribution is -2.43. The number of rotatable bonds is 8. The van der Waals surface area contributed by atoms with Crippen LogP contribution < -0.4 is 4.72 Å². The highest BCUT2D eigenvalue weighted by molar-refractivity contribution is 7.89. The molecule has 2 N–H and O–H groups in total. The molecule has 2 heterocycles. The molecule has 1 saturated carbocycles. The number of piperidine rings is 1. The zero-order chi connectivity index (χ0) is 27.6. The maximum Gasteiger partial charge on any atom is 0.303 e. The number of nitrogens with zero attached hydrogens (tertiary/aromatic N) is 2. The average molecular weight is 552 g/mol. The molecule has 3 aromatic rings. The number of carbonyl (C=O) groups excluding carboxylic acids is 1. The Balaban J connectivity index is 1.25. The molecule has 0 radical (unpaired) electrons. The quantitative estimate of drug-likeness (QED) is 0.421. The monoisotopic (exact) mass is 551 g/mol. The summed E-state index contributed by atoms with van der Waals surface area (Å²) in [6.07, 6.45) is 6.70. The van der Waals surface area contributed by atoms with E-state index in [9.17, 15) is 18.0 Å². The number of sulfonamides is 1. The predicted octanol–water partition coefficient (Wildman–Crippen LogP) is 4.71. The van der Waals surface area contributed by atoms with Crippen molar-refractivity contribution in [2.24, 2.45) is 13.0 Å². The second-order valence-electron chi connectivity index (χ2n) is 11.0. The smallest absolute Gasteiger partial charge is 0.303 e. The van der Waals surface area contributed by atoms with Crippen LogP contribution in [0.5, 0.6) is 0 Å². The van der Waals surface area contributed by atoms with Crippen LogP contribution in [0.2, 0.25) is 0 Å². The number of nitrogens with one attached hydrogen (secondary N) is 1. The molecule has 2 aromatic carbocycles. The lowest BCUT2D eigenvalue weighted by molar-refractivity contribution is -0.138. The van der Waals surface area contributed by atoms with Gasteiger partial charge in [-0.05, 0) is 80.7 Å². The number of carboxylic acids is 1. The minimum absolute atomic E-state index is 0.00762. The standard InChI is InChI=1S/C30H37N3O5S/c1-32-27(22-8-5-21(6-9-22)7-16-29(34)35)19-24-12-15-26(20-28(24)32)39(37,38)31-25-13-10-23(11-14-25)30(36)33-17-3-2-4-18-33/h5-6,8-9,12,15,19-20,23,25,31H,2-4,7,10-11,13-14,16-18H2,1H3,(H,34,35). The molecule has 208 valence electrons. The maximum absolute atomic E-state index is 13.3. The highest BCUT2D eigenvalue weighted by Crippen LogP contribution is 2.31. The number of hydrogen-bond donors (Lipinski definition) is 2. The van der Waals surface area contributed by atoms with E-state index in [-0.39, 0.29) is 29.2 Å². The van der Waals surface area contributed by atoms with Gasteiger partial charge in [-0.3, -0.25) is 9.59 Å². The Kier molecular flexibility index (Phi) is 8.09. The third-order valence-corrected chi connectivity index (χ3v) is 9.79. The van der Waals surface area contributed by atoms with Gasteiger partial charge >= 0.3 is 5.97 Å². The number of amides is 1. The molecule has 8 nitrogen and oxygen atoms in total. The van der Waals surface area contributed by atoms with Crippen molar-refractivity contribution in [1.82, 2.24) is 14.2 Å². The second-order valence-corrected chi connectivity index (χ2v) is 12.7. The first-order valence-corrected chi connectivity index (χ1v) is 15.4. The molecule has 1 aromatic heterocycles. The lowest BCUT2D eigenvalue weighted by atomic mass is 9.85. The minimum atomic E-state index is -3.71. The van der Waals surface area contributed by atoms with Crippen LogP contribution in [0.1, 0.15) is 56.9 Å². The van der Waals surface area contributed by atoms with Gasteiger partial charge in [-0.2, -0.15) is 0 Å². The van der Waals surface area contributed by atoms with Gasteiger partial charge in [0.1, 0.15) is 0 Å². The molecule has 0 bridgehead atoms. The van der Waals surface area contributed by atoms with Crippen LogP contribution in [0.3, 0.4) is 0 Å². The maximum atomic E-state index is 13.3. The molecular formula is C30H37N3O5S. The summed E-state index contributed by atoms with van der Waals surface area (Å²) in [5.74, 6) is -0.562. The Morgan fingerprint density at radius 3 is 2.31 bits per heavy atom. The van der Waals surface area contributed by atoms with Gasteiger partial charge in [0, 0.05) is 55.1 Å². The summed E-state index contributed by atoms with van der Waals surface area (Å²) < 4.78 is 31.5. The van der Waals surface area contributed by atoms with E-state index in [1.165, 1.54) is 6.42 Å². The molecule has 2 fully saturated rings. The van der Waals surface area contributed by atoms with Gasteiger partial charge in [0.2, 0.25) is 15.9 Å². The average Bonchev–Trinajstić information content (AvgIpc) is 3.28. The third kappa shape index (κ3) is 6.20. The number of benzene rings is 2. The molecule has 1 amide bonds. The van der Waals surface area contributed by atoms with Gasteiger partial charge in [-0.15, -0.1) is 0 Å². The predicted molar refractivity (Wildman–Crippen MR) is 151 cm³/mol. The van der Waals surface area contributed by atoms with Crippen LogP contribution >= 0.6 is 0 Å². The lowest BCUT2D eigenvalue weighted by Gasteiger charge is -2.34. The third-order valence-electron chi connectivity index (χ3n) is 8.27. The first kappa shape index (κ1) is 27.4. The fourth-order valence-electron chi connectivity index (χ4n) is 5.97. The fourth-order valence-corrected chi connectivity index (χ4v) is 7.29. The number of likely N-dealkylation sites (tertiary alicyclic amines) is 1. The van der Waals surface area contributed by atoms with Crippen molar-refractivity contribution in [1.29, 1.82) is 0 Å². The molecule has 0 spiro atoms. The van der Waals surface area contributed by atoms with Gasteiger partial charge in [0.25, 0.3) is 0 Å². The number of carbonyl (C=O) groups is 2. The molecule has 9 heteroatoms. The van der Waals surface area contributed by atoms with Crippen LogP contribution in [0.15, 0.2) is 53.4 Å². The van der Waals surface area contributed by atoms with E-state index >= 15 is 0 Å². The van der Waals surface area contributed by atoms with Crippen LogP contribution in [-0.4, -0.2) is 54.0 Å². The largest absolute Gasteiger partial charge is 0.481 e. The number of aromatic nitrogens is 1. The Morgan fingerprint density at radius 2 is 1.64 bits per heavy atom. The Labute approximate surface area is 230 Å². The van der Waals surface area contributed by atoms with E-state index in [4.69, 9.17) is 5.11 Å². The Hall–Kier alpha value is -3.17. The van der Waals surface area contributed by atoms with E-state index in [0.717, 1.165) is 66.5 Å². The van der Waals surface area contributed by atoms with E-state index in [1.807, 2.05) is 52.9 Å². The Bertz CT molecular complexity index is 1450. The van der Waals surface area contributed by atoms with Gasteiger partial charge < -0.3 is 14.6 Å². The molecule has 1 aliphatic carbocycles. The first-order valence-electron chi connectivity index (χ1n) is 13.9. The van der Waals surface area contributed by atoms with Crippen LogP contribution in [0, 0.1) is 5.92 Å². The first-order chi connectivity index (χ1) is 18.7. The molecular weight excluding hydrogens is 514 g/mol. The number of aryl methyl sites for hydroxylation is 2. The topological polar surface area (TPSA) is 109 Å². The minimum Gasteiger partial charge on any atom is -0.481 e. The fraction of sp³-hybridized carbons (Fsp3) is 0.467. The molecule has 39 heavy (non-hydrogen) atoms.